The van der Waals surface area contributed by atoms with Gasteiger partial charge in [-0.3, -0.25) is 4.79 Å². The van der Waals surface area contributed by atoms with Crippen LogP contribution in [0.4, 0.5) is 10.7 Å². The maximum Gasteiger partial charge on any atom is 0.409 e. The molecule has 1 aliphatic heterocycles. The first-order valence-electron chi connectivity index (χ1n) is 8.57. The molecule has 1 aromatic rings. The van der Waals surface area contributed by atoms with Crippen LogP contribution < -0.4 is 4.90 Å². The van der Waals surface area contributed by atoms with Crippen molar-refractivity contribution in [2.45, 2.75) is 33.6 Å². The second-order valence-electron chi connectivity index (χ2n) is 6.54. The van der Waals surface area contributed by atoms with E-state index in [2.05, 4.69) is 21.8 Å². The fourth-order valence-electron chi connectivity index (χ4n) is 3.39. The number of amides is 1. The van der Waals surface area contributed by atoms with Crippen LogP contribution in [0.3, 0.4) is 0 Å². The summed E-state index contributed by atoms with van der Waals surface area (Å²) in [7, 11) is 0. The summed E-state index contributed by atoms with van der Waals surface area (Å²) in [6, 6.07) is 0. The van der Waals surface area contributed by atoms with Gasteiger partial charge < -0.3 is 14.5 Å². The number of aromatic nitrogens is 2. The van der Waals surface area contributed by atoms with Gasteiger partial charge in [-0.05, 0) is 26.2 Å². The number of carbonyl (C=O) groups is 2. The lowest BCUT2D eigenvalue weighted by Crippen LogP contribution is -2.49. The molecule has 1 amide bonds. The fraction of sp³-hybridized carbons (Fsp3) is 0.647. The van der Waals surface area contributed by atoms with Crippen molar-refractivity contribution < 1.29 is 14.3 Å². The Morgan fingerprint density at radius 2 is 1.92 bits per heavy atom. The second kappa shape index (κ2) is 6.75. The minimum absolute atomic E-state index is 0.153. The molecule has 0 aromatic carbocycles. The highest BCUT2D eigenvalue weighted by atomic mass is 16.6. The van der Waals surface area contributed by atoms with Crippen LogP contribution in [0.5, 0.6) is 0 Å². The molecule has 1 aromatic heterocycles. The van der Waals surface area contributed by atoms with Crippen molar-refractivity contribution in [2.75, 3.05) is 37.7 Å². The maximum atomic E-state index is 12.2. The van der Waals surface area contributed by atoms with Gasteiger partial charge in [0.05, 0.1) is 23.6 Å². The number of nitrogens with zero attached hydrogens (tertiary/aromatic N) is 4. The lowest BCUT2D eigenvalue weighted by molar-refractivity contribution is 0.0949. The number of fused-ring (bicyclic) bond motifs is 1. The molecule has 1 fully saturated rings. The number of Topliss-reactive ketones (excluding diaryl/α,β-unsaturated/α-hetero) is 1. The third-order valence-electron chi connectivity index (χ3n) is 4.60. The van der Waals surface area contributed by atoms with E-state index in [-0.39, 0.29) is 11.9 Å². The summed E-state index contributed by atoms with van der Waals surface area (Å²) in [5, 5.41) is 0. The molecule has 1 saturated heterocycles. The number of carbonyl (C=O) groups excluding carboxylic acids is 2. The van der Waals surface area contributed by atoms with Gasteiger partial charge in [-0.25, -0.2) is 14.8 Å². The number of ketones is 1. The number of aryl methyl sites for hydroxylation is 1. The highest BCUT2D eigenvalue weighted by molar-refractivity contribution is 5.99. The van der Waals surface area contributed by atoms with Gasteiger partial charge in [0.25, 0.3) is 0 Å². The van der Waals surface area contributed by atoms with Crippen LogP contribution in [0.15, 0.2) is 0 Å². The zero-order chi connectivity index (χ0) is 17.3. The molecule has 130 valence electrons. The van der Waals surface area contributed by atoms with E-state index in [1.807, 2.05) is 6.92 Å². The number of hydrogen-bond donors (Lipinski definition) is 0. The Bertz CT molecular complexity index is 653. The largest absolute Gasteiger partial charge is 0.450 e. The van der Waals surface area contributed by atoms with Crippen molar-refractivity contribution in [2.24, 2.45) is 5.92 Å². The van der Waals surface area contributed by atoms with Gasteiger partial charge in [0.15, 0.2) is 5.78 Å². The summed E-state index contributed by atoms with van der Waals surface area (Å²) in [6.07, 6.45) is 1.13. The number of rotatable bonds is 2. The summed E-state index contributed by atoms with van der Waals surface area (Å²) in [5.41, 5.74) is 2.34. The average Bonchev–Trinajstić information content (AvgIpc) is 2.54. The van der Waals surface area contributed by atoms with Gasteiger partial charge in [-0.1, -0.05) is 6.92 Å². The average molecular weight is 332 g/mol. The van der Waals surface area contributed by atoms with E-state index >= 15 is 0 Å². The van der Waals surface area contributed by atoms with E-state index in [9.17, 15) is 9.59 Å². The molecular formula is C17H24N4O3. The van der Waals surface area contributed by atoms with Crippen molar-refractivity contribution in [3.05, 3.63) is 17.0 Å². The molecule has 24 heavy (non-hydrogen) atoms. The molecule has 7 heteroatoms. The number of piperazine rings is 1. The van der Waals surface area contributed by atoms with Crippen molar-refractivity contribution >= 4 is 17.8 Å². The minimum Gasteiger partial charge on any atom is -0.450 e. The summed E-state index contributed by atoms with van der Waals surface area (Å²) in [6.45, 7) is 8.67. The van der Waals surface area contributed by atoms with Gasteiger partial charge in [-0.2, -0.15) is 0 Å². The van der Waals surface area contributed by atoms with Crippen LogP contribution in [0, 0.1) is 12.8 Å². The molecule has 1 atom stereocenters. The molecule has 0 unspecified atom stereocenters. The lowest BCUT2D eigenvalue weighted by Gasteiger charge is -2.34. The summed E-state index contributed by atoms with van der Waals surface area (Å²) < 4.78 is 5.04. The Balaban J connectivity index is 1.75. The Kier molecular flexibility index (Phi) is 4.69. The molecule has 2 heterocycles. The molecule has 0 bridgehead atoms. The number of hydrogen-bond acceptors (Lipinski definition) is 6. The fourth-order valence-corrected chi connectivity index (χ4v) is 3.39. The van der Waals surface area contributed by atoms with Crippen LogP contribution in [-0.4, -0.2) is 59.5 Å². The van der Waals surface area contributed by atoms with Crippen molar-refractivity contribution in [3.8, 4) is 0 Å². The highest BCUT2D eigenvalue weighted by Crippen LogP contribution is 2.27. The van der Waals surface area contributed by atoms with Crippen molar-refractivity contribution in [3.63, 3.8) is 0 Å². The van der Waals surface area contributed by atoms with E-state index in [0.29, 0.717) is 56.6 Å². The molecule has 1 aliphatic carbocycles. The number of anilines is 1. The molecule has 0 radical (unpaired) electrons. The molecule has 3 rings (SSSR count). The third-order valence-corrected chi connectivity index (χ3v) is 4.60. The second-order valence-corrected chi connectivity index (χ2v) is 6.54. The standard InChI is InChI=1S/C17H24N4O3/c1-4-24-17(23)21-7-5-20(6-8-21)16-18-12(3)15-13(19-16)9-11(2)10-14(15)22/h11H,4-10H2,1-3H3/t11-/m1/s1. The summed E-state index contributed by atoms with van der Waals surface area (Å²) >= 11 is 0. The van der Waals surface area contributed by atoms with E-state index < -0.39 is 0 Å². The molecular weight excluding hydrogens is 308 g/mol. The zero-order valence-corrected chi connectivity index (χ0v) is 14.5. The van der Waals surface area contributed by atoms with Gasteiger partial charge in [0.1, 0.15) is 0 Å². The zero-order valence-electron chi connectivity index (χ0n) is 14.5. The van der Waals surface area contributed by atoms with Crippen LogP contribution in [0.1, 0.15) is 42.0 Å². The maximum absolute atomic E-state index is 12.2. The Labute approximate surface area is 142 Å². The predicted molar refractivity (Wildman–Crippen MR) is 89.4 cm³/mol. The monoisotopic (exact) mass is 332 g/mol. The Hall–Kier alpha value is -2.18. The molecule has 0 spiro atoms. The first-order chi connectivity index (χ1) is 11.5. The van der Waals surface area contributed by atoms with Crippen LogP contribution in [-0.2, 0) is 11.2 Å². The van der Waals surface area contributed by atoms with Gasteiger partial charge >= 0.3 is 6.09 Å². The minimum atomic E-state index is -0.265. The SMILES string of the molecule is CCOC(=O)N1CCN(c2nc(C)c3c(n2)C[C@@H](C)CC3=O)CC1. The first-order valence-corrected chi connectivity index (χ1v) is 8.57. The number of ether oxygens (including phenoxy) is 1. The first kappa shape index (κ1) is 16.7. The van der Waals surface area contributed by atoms with E-state index in [1.54, 1.807) is 11.8 Å². The van der Waals surface area contributed by atoms with E-state index in [1.165, 1.54) is 0 Å². The van der Waals surface area contributed by atoms with Crippen molar-refractivity contribution in [1.82, 2.24) is 14.9 Å². The molecule has 2 aliphatic rings. The van der Waals surface area contributed by atoms with Crippen LogP contribution in [0.25, 0.3) is 0 Å². The predicted octanol–water partition coefficient (Wildman–Crippen LogP) is 1.83. The Morgan fingerprint density at radius 3 is 2.58 bits per heavy atom. The van der Waals surface area contributed by atoms with Gasteiger partial charge in [0, 0.05) is 32.6 Å². The molecule has 0 saturated carbocycles. The Morgan fingerprint density at radius 1 is 1.21 bits per heavy atom. The molecule has 7 nitrogen and oxygen atoms in total. The van der Waals surface area contributed by atoms with Gasteiger partial charge in [-0.15, -0.1) is 0 Å². The highest BCUT2D eigenvalue weighted by Gasteiger charge is 2.29. The van der Waals surface area contributed by atoms with Gasteiger partial charge in [0.2, 0.25) is 5.95 Å². The summed E-state index contributed by atoms with van der Waals surface area (Å²) in [4.78, 5) is 37.0. The lowest BCUT2D eigenvalue weighted by atomic mass is 9.86. The smallest absolute Gasteiger partial charge is 0.409 e. The van der Waals surface area contributed by atoms with E-state index in [0.717, 1.165) is 17.8 Å². The van der Waals surface area contributed by atoms with E-state index in [4.69, 9.17) is 4.74 Å². The molecule has 0 N–H and O–H groups in total. The normalized spacial score (nSPS) is 20.8. The van der Waals surface area contributed by atoms with Crippen LogP contribution >= 0.6 is 0 Å². The quantitative estimate of drug-likeness (QED) is 0.822. The van der Waals surface area contributed by atoms with Crippen LogP contribution in [0.2, 0.25) is 0 Å². The summed E-state index contributed by atoms with van der Waals surface area (Å²) in [5.74, 6) is 1.14. The third kappa shape index (κ3) is 3.20. The topological polar surface area (TPSA) is 75.6 Å². The van der Waals surface area contributed by atoms with Crippen molar-refractivity contribution in [1.29, 1.82) is 0 Å².